The van der Waals surface area contributed by atoms with Crippen molar-refractivity contribution in [2.24, 2.45) is 9.85 Å². The summed E-state index contributed by atoms with van der Waals surface area (Å²) in [6.07, 6.45) is 2.08. The van der Waals surface area contributed by atoms with Gasteiger partial charge in [0.15, 0.2) is 7.36 Å². The van der Waals surface area contributed by atoms with E-state index >= 15 is 0 Å². The number of anilines is 2. The molecule has 1 fully saturated rings. The first kappa shape index (κ1) is 24.6. The summed E-state index contributed by atoms with van der Waals surface area (Å²) in [6, 6.07) is 27.5. The average Bonchev–Trinajstić information content (AvgIpc) is 3.38. The summed E-state index contributed by atoms with van der Waals surface area (Å²) in [6.45, 7) is 7.61. The Kier molecular flexibility index (Phi) is 6.36. The lowest BCUT2D eigenvalue weighted by Crippen LogP contribution is -2.38. The lowest BCUT2D eigenvalue weighted by atomic mass is 9.84. The second kappa shape index (κ2) is 9.55. The van der Waals surface area contributed by atoms with E-state index in [2.05, 4.69) is 130 Å². The molecule has 3 aliphatic rings. The van der Waals surface area contributed by atoms with Gasteiger partial charge in [0.1, 0.15) is 0 Å². The molecule has 0 aliphatic carbocycles. The van der Waals surface area contributed by atoms with Crippen LogP contribution in [0.2, 0.25) is 0 Å². The molecule has 6 rings (SSSR count). The highest BCUT2D eigenvalue weighted by Gasteiger charge is 2.49. The molecule has 37 heavy (non-hydrogen) atoms. The van der Waals surface area contributed by atoms with Crippen molar-refractivity contribution < 1.29 is 4.74 Å². The smallest absolute Gasteiger partial charge is 0.180 e. The number of hydrogen-bond donors (Lipinski definition) is 0. The van der Waals surface area contributed by atoms with E-state index < -0.39 is 7.36 Å². The van der Waals surface area contributed by atoms with Crippen LogP contribution in [0.3, 0.4) is 0 Å². The number of rotatable bonds is 3. The molecule has 3 aliphatic heterocycles. The predicted octanol–water partition coefficient (Wildman–Crippen LogP) is 7.59. The zero-order chi connectivity index (χ0) is 25.6. The quantitative estimate of drug-likeness (QED) is 0.302. The van der Waals surface area contributed by atoms with Gasteiger partial charge in [-0.25, -0.2) is 14.2 Å². The Morgan fingerprint density at radius 3 is 2.30 bits per heavy atom. The van der Waals surface area contributed by atoms with Crippen LogP contribution in [0.25, 0.3) is 0 Å². The normalized spacial score (nSPS) is 25.0. The summed E-state index contributed by atoms with van der Waals surface area (Å²) >= 11 is 3.59. The number of para-hydroxylation sites is 2. The van der Waals surface area contributed by atoms with Crippen molar-refractivity contribution in [2.75, 3.05) is 43.0 Å². The van der Waals surface area contributed by atoms with Gasteiger partial charge >= 0.3 is 0 Å². The molecular formula is C29H31BrN5OP. The van der Waals surface area contributed by atoms with Crippen LogP contribution in [0.4, 0.5) is 17.1 Å². The van der Waals surface area contributed by atoms with Crippen molar-refractivity contribution in [2.45, 2.75) is 19.3 Å². The van der Waals surface area contributed by atoms with Gasteiger partial charge in [-0.05, 0) is 48.0 Å². The van der Waals surface area contributed by atoms with Crippen molar-refractivity contribution in [1.29, 1.82) is 0 Å². The number of nitrogens with zero attached hydrogens (tertiary/aromatic N) is 5. The summed E-state index contributed by atoms with van der Waals surface area (Å²) < 4.78 is 17.3. The molecule has 0 aromatic heterocycles. The van der Waals surface area contributed by atoms with Gasteiger partial charge in [0.05, 0.1) is 36.1 Å². The number of hydrazone groups is 1. The molecule has 1 atom stereocenters. The number of ether oxygens (including phenoxy) is 1. The highest BCUT2D eigenvalue weighted by molar-refractivity contribution is 9.10. The number of morpholine rings is 1. The predicted molar refractivity (Wildman–Crippen MR) is 158 cm³/mol. The highest BCUT2D eigenvalue weighted by atomic mass is 79.9. The Hall–Kier alpha value is -2.70. The number of halogens is 1. The van der Waals surface area contributed by atoms with Gasteiger partial charge in [-0.2, -0.15) is 5.10 Å². The minimum atomic E-state index is -2.58. The minimum absolute atomic E-state index is 0.202. The number of benzene rings is 3. The van der Waals surface area contributed by atoms with Gasteiger partial charge in [-0.15, -0.1) is 0 Å². The molecule has 0 spiro atoms. The van der Waals surface area contributed by atoms with E-state index in [0.29, 0.717) is 13.2 Å². The molecule has 0 bridgehead atoms. The third-order valence-electron chi connectivity index (χ3n) is 7.44. The zero-order valence-corrected chi connectivity index (χ0v) is 23.9. The Balaban J connectivity index is 1.68. The standard InChI is InChI=1S/C29H31BrN5OP/c1-29(2)25-11-7-8-12-26(25)33(3)28(29)27-21-31-35(24-9-5-4-6-10-24)37(27,34-17-19-36-20-18-34)32-23-15-13-22(30)14-16-23/h4-16,21H,17-20H2,1-3H3/b28-27+. The first-order chi connectivity index (χ1) is 17.9. The maximum Gasteiger partial charge on any atom is 0.180 e. The topological polar surface area (TPSA) is 43.7 Å². The third kappa shape index (κ3) is 4.00. The van der Waals surface area contributed by atoms with Crippen LogP contribution in [0.5, 0.6) is 0 Å². The van der Waals surface area contributed by atoms with E-state index in [1.807, 2.05) is 6.07 Å². The van der Waals surface area contributed by atoms with Gasteiger partial charge in [0.2, 0.25) is 0 Å². The summed E-state index contributed by atoms with van der Waals surface area (Å²) in [7, 11) is -0.401. The van der Waals surface area contributed by atoms with Crippen molar-refractivity contribution in [3.05, 3.63) is 99.9 Å². The molecule has 3 aromatic carbocycles. The average molecular weight is 576 g/mol. The molecule has 3 aromatic rings. The molecule has 0 saturated carbocycles. The van der Waals surface area contributed by atoms with Crippen LogP contribution in [0.1, 0.15) is 19.4 Å². The Bertz CT molecular complexity index is 1430. The number of hydrogen-bond acceptors (Lipinski definition) is 4. The molecule has 1 saturated heterocycles. The van der Waals surface area contributed by atoms with Gasteiger partial charge < -0.3 is 9.64 Å². The summed E-state index contributed by atoms with van der Waals surface area (Å²) in [4.78, 5) is 2.36. The van der Waals surface area contributed by atoms with Crippen molar-refractivity contribution in [3.8, 4) is 0 Å². The maximum absolute atomic E-state index is 5.83. The number of likely N-dealkylation sites (N-methyl/N-ethyl adjacent to an activating group) is 1. The zero-order valence-electron chi connectivity index (χ0n) is 21.4. The fourth-order valence-corrected chi connectivity index (χ4v) is 9.82. The molecule has 3 heterocycles. The molecule has 0 N–H and O–H groups in total. The first-order valence-corrected chi connectivity index (χ1v) is 15.1. The first-order valence-electron chi connectivity index (χ1n) is 12.6. The Morgan fingerprint density at radius 2 is 1.59 bits per heavy atom. The fourth-order valence-electron chi connectivity index (χ4n) is 5.74. The molecule has 8 heteroatoms. The van der Waals surface area contributed by atoms with E-state index in [0.717, 1.165) is 28.9 Å². The van der Waals surface area contributed by atoms with Crippen molar-refractivity contribution in [1.82, 2.24) is 4.67 Å². The Morgan fingerprint density at radius 1 is 0.919 bits per heavy atom. The van der Waals surface area contributed by atoms with Gasteiger partial charge in [-0.3, -0.25) is 0 Å². The number of fused-ring (bicyclic) bond motifs is 1. The lowest BCUT2D eigenvalue weighted by molar-refractivity contribution is 0.0743. The van der Waals surface area contributed by atoms with E-state index in [9.17, 15) is 0 Å². The molecule has 6 nitrogen and oxygen atoms in total. The van der Waals surface area contributed by atoms with E-state index in [4.69, 9.17) is 14.6 Å². The van der Waals surface area contributed by atoms with Crippen LogP contribution in [0, 0.1) is 0 Å². The summed E-state index contributed by atoms with van der Waals surface area (Å²) in [5.41, 5.74) is 5.62. The van der Waals surface area contributed by atoms with Crippen LogP contribution >= 0.6 is 23.3 Å². The van der Waals surface area contributed by atoms with Crippen LogP contribution in [0.15, 0.2) is 104 Å². The summed E-state index contributed by atoms with van der Waals surface area (Å²) in [5, 5.41) is 6.32. The second-order valence-corrected chi connectivity index (χ2v) is 13.7. The van der Waals surface area contributed by atoms with Gasteiger partial charge in [0, 0.05) is 41.4 Å². The summed E-state index contributed by atoms with van der Waals surface area (Å²) in [5.74, 6) is 0. The monoisotopic (exact) mass is 575 g/mol. The third-order valence-corrected chi connectivity index (χ3v) is 11.5. The SMILES string of the molecule is CN1/C(=C2\C=NN(c3ccccc3)P2(=Nc2ccc(Br)cc2)N2CCOCC2)C(C)(C)c2ccccc21. The van der Waals surface area contributed by atoms with Crippen molar-refractivity contribution in [3.63, 3.8) is 0 Å². The Labute approximate surface area is 227 Å². The maximum atomic E-state index is 5.83. The molecule has 0 amide bonds. The fraction of sp³-hybridized carbons (Fsp3) is 0.276. The van der Waals surface area contributed by atoms with Crippen LogP contribution in [-0.4, -0.2) is 44.2 Å². The largest absolute Gasteiger partial charge is 0.379 e. The molecule has 1 unspecified atom stereocenters. The lowest BCUT2D eigenvalue weighted by Gasteiger charge is -2.42. The van der Waals surface area contributed by atoms with Crippen LogP contribution in [-0.2, 0) is 10.2 Å². The van der Waals surface area contributed by atoms with E-state index in [1.54, 1.807) is 0 Å². The van der Waals surface area contributed by atoms with Crippen molar-refractivity contribution >= 4 is 46.6 Å². The highest BCUT2D eigenvalue weighted by Crippen LogP contribution is 2.70. The number of allylic oxidation sites excluding steroid dienone is 2. The second-order valence-electron chi connectivity index (χ2n) is 10.0. The van der Waals surface area contributed by atoms with Crippen LogP contribution < -0.4 is 9.68 Å². The van der Waals surface area contributed by atoms with Gasteiger partial charge in [-0.1, -0.05) is 66.2 Å². The molecular weight excluding hydrogens is 545 g/mol. The van der Waals surface area contributed by atoms with E-state index in [1.165, 1.54) is 22.3 Å². The van der Waals surface area contributed by atoms with E-state index in [-0.39, 0.29) is 5.41 Å². The van der Waals surface area contributed by atoms with Gasteiger partial charge in [0.25, 0.3) is 0 Å². The molecule has 0 radical (unpaired) electrons. The minimum Gasteiger partial charge on any atom is -0.379 e. The molecule has 190 valence electrons.